The van der Waals surface area contributed by atoms with Crippen molar-refractivity contribution in [2.75, 3.05) is 24.5 Å². The molecule has 0 radical (unpaired) electrons. The fourth-order valence-corrected chi connectivity index (χ4v) is 4.42. The normalized spacial score (nSPS) is 24.9. The quantitative estimate of drug-likeness (QED) is 0.844. The second kappa shape index (κ2) is 7.68. The van der Waals surface area contributed by atoms with Gasteiger partial charge in [0, 0.05) is 38.3 Å². The van der Waals surface area contributed by atoms with Gasteiger partial charge in [-0.3, -0.25) is 9.48 Å². The number of likely N-dealkylation sites (tertiary alicyclic amines) is 1. The summed E-state index contributed by atoms with van der Waals surface area (Å²) in [4.78, 5) is 28.2. The fraction of sp³-hybridized carbons (Fsp3) is 0.737. The van der Waals surface area contributed by atoms with Crippen LogP contribution in [0.15, 0.2) is 12.4 Å². The van der Waals surface area contributed by atoms with Gasteiger partial charge < -0.3 is 15.1 Å². The fourth-order valence-electron chi connectivity index (χ4n) is 4.42. The molecule has 1 aliphatic carbocycles. The smallest absolute Gasteiger partial charge is 0.317 e. The lowest BCUT2D eigenvalue weighted by molar-refractivity contribution is -0.117. The number of carbonyl (C=O) groups is 2. The number of anilines is 1. The summed E-state index contributed by atoms with van der Waals surface area (Å²) < 4.78 is 1.93. The van der Waals surface area contributed by atoms with E-state index in [1.54, 1.807) is 6.20 Å². The molecule has 3 heterocycles. The SMILES string of the molecule is O=C(NC1CCCCCC1)N1CCC(n2cc(N3CCCC3=O)cn2)C1. The summed E-state index contributed by atoms with van der Waals surface area (Å²) in [6.07, 6.45) is 13.4. The number of nitrogens with zero attached hydrogens (tertiary/aromatic N) is 4. The maximum Gasteiger partial charge on any atom is 0.317 e. The van der Waals surface area contributed by atoms with Crippen molar-refractivity contribution in [1.82, 2.24) is 20.0 Å². The van der Waals surface area contributed by atoms with Crippen LogP contribution in [0.3, 0.4) is 0 Å². The van der Waals surface area contributed by atoms with Crippen LogP contribution in [0.1, 0.15) is 63.8 Å². The van der Waals surface area contributed by atoms with Crippen LogP contribution < -0.4 is 10.2 Å². The van der Waals surface area contributed by atoms with Gasteiger partial charge in [-0.2, -0.15) is 5.10 Å². The van der Waals surface area contributed by atoms with E-state index in [1.165, 1.54) is 25.7 Å². The Balaban J connectivity index is 1.32. The number of carbonyl (C=O) groups excluding carboxylic acids is 2. The molecular weight excluding hydrogens is 330 g/mol. The van der Waals surface area contributed by atoms with E-state index in [4.69, 9.17) is 0 Å². The molecule has 0 bridgehead atoms. The van der Waals surface area contributed by atoms with Crippen LogP contribution in [0.25, 0.3) is 0 Å². The van der Waals surface area contributed by atoms with Crippen molar-refractivity contribution >= 4 is 17.6 Å². The van der Waals surface area contributed by atoms with Gasteiger partial charge in [0.05, 0.1) is 17.9 Å². The summed E-state index contributed by atoms with van der Waals surface area (Å²) in [5.41, 5.74) is 0.883. The molecule has 1 saturated carbocycles. The third-order valence-corrected chi connectivity index (χ3v) is 5.98. The Kier molecular flexibility index (Phi) is 5.13. The Morgan fingerprint density at radius 2 is 1.88 bits per heavy atom. The lowest BCUT2D eigenvalue weighted by Gasteiger charge is -2.22. The Labute approximate surface area is 154 Å². The average molecular weight is 359 g/mol. The summed E-state index contributed by atoms with van der Waals surface area (Å²) in [7, 11) is 0. The molecule has 3 aliphatic rings. The van der Waals surface area contributed by atoms with Gasteiger partial charge >= 0.3 is 6.03 Å². The predicted octanol–water partition coefficient (Wildman–Crippen LogP) is 2.69. The summed E-state index contributed by atoms with van der Waals surface area (Å²) >= 11 is 0. The second-order valence-electron chi connectivity index (χ2n) is 7.85. The van der Waals surface area contributed by atoms with Crippen LogP contribution >= 0.6 is 0 Å². The number of urea groups is 1. The minimum Gasteiger partial charge on any atom is -0.335 e. The third-order valence-electron chi connectivity index (χ3n) is 5.98. The first kappa shape index (κ1) is 17.4. The van der Waals surface area contributed by atoms with Gasteiger partial charge in [-0.25, -0.2) is 4.79 Å². The van der Waals surface area contributed by atoms with E-state index in [2.05, 4.69) is 10.4 Å². The first-order valence-corrected chi connectivity index (χ1v) is 10.1. The van der Waals surface area contributed by atoms with Crippen LogP contribution in [-0.4, -0.2) is 52.3 Å². The molecule has 3 amide bonds. The molecule has 26 heavy (non-hydrogen) atoms. The van der Waals surface area contributed by atoms with Gasteiger partial charge in [0.2, 0.25) is 5.91 Å². The van der Waals surface area contributed by atoms with E-state index in [1.807, 2.05) is 20.7 Å². The number of aromatic nitrogens is 2. The van der Waals surface area contributed by atoms with Gasteiger partial charge in [-0.05, 0) is 25.7 Å². The largest absolute Gasteiger partial charge is 0.335 e. The standard InChI is InChI=1S/C19H29N5O2/c25-18-8-5-10-23(18)17-12-20-24(14-17)16-9-11-22(13-16)19(26)21-15-6-3-1-2-4-7-15/h12,14-16H,1-11,13H2,(H,21,26). The lowest BCUT2D eigenvalue weighted by atomic mass is 10.1. The maximum atomic E-state index is 12.6. The van der Waals surface area contributed by atoms with Crippen LogP contribution in [0.5, 0.6) is 0 Å². The first-order chi connectivity index (χ1) is 12.7. The van der Waals surface area contributed by atoms with Crippen molar-refractivity contribution in [2.45, 2.75) is 69.9 Å². The minimum absolute atomic E-state index is 0.0708. The molecule has 1 N–H and O–H groups in total. The highest BCUT2D eigenvalue weighted by Crippen LogP contribution is 2.26. The number of hydrogen-bond acceptors (Lipinski definition) is 3. The van der Waals surface area contributed by atoms with Crippen molar-refractivity contribution in [1.29, 1.82) is 0 Å². The molecule has 1 atom stereocenters. The number of nitrogens with one attached hydrogen (secondary N) is 1. The van der Waals surface area contributed by atoms with E-state index in [-0.39, 0.29) is 18.0 Å². The Bertz CT molecular complexity index is 650. The highest BCUT2D eigenvalue weighted by molar-refractivity contribution is 5.95. The average Bonchev–Trinajstić information content (AvgIpc) is 3.34. The highest BCUT2D eigenvalue weighted by Gasteiger charge is 2.30. The Morgan fingerprint density at radius 3 is 2.62 bits per heavy atom. The molecule has 0 spiro atoms. The number of rotatable bonds is 3. The molecule has 1 aromatic rings. The topological polar surface area (TPSA) is 70.5 Å². The summed E-state index contributed by atoms with van der Waals surface area (Å²) in [6.45, 7) is 2.24. The van der Waals surface area contributed by atoms with Crippen molar-refractivity contribution in [3.63, 3.8) is 0 Å². The van der Waals surface area contributed by atoms with E-state index >= 15 is 0 Å². The van der Waals surface area contributed by atoms with Gasteiger partial charge in [0.15, 0.2) is 0 Å². The zero-order valence-electron chi connectivity index (χ0n) is 15.4. The first-order valence-electron chi connectivity index (χ1n) is 10.1. The molecule has 0 aromatic carbocycles. The summed E-state index contributed by atoms with van der Waals surface area (Å²) in [5.74, 6) is 0.181. The molecule has 2 aliphatic heterocycles. The van der Waals surface area contributed by atoms with E-state index in [0.29, 0.717) is 19.0 Å². The molecule has 7 heteroatoms. The molecular formula is C19H29N5O2. The molecule has 1 unspecified atom stereocenters. The van der Waals surface area contributed by atoms with Gasteiger partial charge in [0.25, 0.3) is 0 Å². The molecule has 2 saturated heterocycles. The van der Waals surface area contributed by atoms with E-state index in [9.17, 15) is 9.59 Å². The van der Waals surface area contributed by atoms with Crippen molar-refractivity contribution < 1.29 is 9.59 Å². The van der Waals surface area contributed by atoms with Crippen LogP contribution in [0.4, 0.5) is 10.5 Å². The monoisotopic (exact) mass is 359 g/mol. The zero-order chi connectivity index (χ0) is 17.9. The van der Waals surface area contributed by atoms with Crippen molar-refractivity contribution in [2.24, 2.45) is 0 Å². The van der Waals surface area contributed by atoms with E-state index in [0.717, 1.165) is 44.5 Å². The summed E-state index contributed by atoms with van der Waals surface area (Å²) in [5, 5.41) is 7.70. The maximum absolute atomic E-state index is 12.6. The van der Waals surface area contributed by atoms with Gasteiger partial charge in [0.1, 0.15) is 0 Å². The molecule has 7 nitrogen and oxygen atoms in total. The van der Waals surface area contributed by atoms with Crippen molar-refractivity contribution in [3.8, 4) is 0 Å². The molecule has 1 aromatic heterocycles. The van der Waals surface area contributed by atoms with Crippen molar-refractivity contribution in [3.05, 3.63) is 12.4 Å². The Morgan fingerprint density at radius 1 is 1.08 bits per heavy atom. The summed E-state index contributed by atoms with van der Waals surface area (Å²) in [6, 6.07) is 0.601. The van der Waals surface area contributed by atoms with Gasteiger partial charge in [-0.1, -0.05) is 25.7 Å². The lowest BCUT2D eigenvalue weighted by Crippen LogP contribution is -2.43. The van der Waals surface area contributed by atoms with Crippen LogP contribution in [0, 0.1) is 0 Å². The Hall–Kier alpha value is -2.05. The number of amides is 3. The number of hydrogen-bond donors (Lipinski definition) is 1. The van der Waals surface area contributed by atoms with Crippen LogP contribution in [-0.2, 0) is 4.79 Å². The van der Waals surface area contributed by atoms with E-state index < -0.39 is 0 Å². The minimum atomic E-state index is 0.0708. The predicted molar refractivity (Wildman–Crippen MR) is 99.1 cm³/mol. The van der Waals surface area contributed by atoms with Crippen LogP contribution in [0.2, 0.25) is 0 Å². The van der Waals surface area contributed by atoms with Gasteiger partial charge in [-0.15, -0.1) is 0 Å². The molecule has 142 valence electrons. The third kappa shape index (κ3) is 3.71. The molecule has 4 rings (SSSR count). The zero-order valence-corrected chi connectivity index (χ0v) is 15.4. The highest BCUT2D eigenvalue weighted by atomic mass is 16.2. The molecule has 3 fully saturated rings. The second-order valence-corrected chi connectivity index (χ2v) is 7.85.